The van der Waals surface area contributed by atoms with E-state index in [1.54, 1.807) is 0 Å². The third-order valence-electron chi connectivity index (χ3n) is 3.67. The molecule has 2 N–H and O–H groups in total. The van der Waals surface area contributed by atoms with Gasteiger partial charge in [0, 0.05) is 12.7 Å². The number of nitrogens with zero attached hydrogens (tertiary/aromatic N) is 2. The van der Waals surface area contributed by atoms with Crippen molar-refractivity contribution in [2.75, 3.05) is 19.6 Å². The number of aromatic nitrogens is 1. The molecule has 0 aliphatic carbocycles. The minimum atomic E-state index is -3.70. The molecular formula is C13H18N4O2S. The second-order valence-electron chi connectivity index (χ2n) is 5.35. The molecule has 1 fully saturated rings. The highest BCUT2D eigenvalue weighted by Crippen LogP contribution is 2.27. The van der Waals surface area contributed by atoms with E-state index in [0.717, 1.165) is 25.9 Å². The Hall–Kier alpha value is -1.49. The fourth-order valence-corrected chi connectivity index (χ4v) is 3.55. The van der Waals surface area contributed by atoms with Crippen LogP contribution in [0.25, 0.3) is 0 Å². The summed E-state index contributed by atoms with van der Waals surface area (Å²) in [5.41, 5.74) is -0.122. The van der Waals surface area contributed by atoms with Gasteiger partial charge in [-0.3, -0.25) is 0 Å². The molecule has 1 aliphatic rings. The smallest absolute Gasteiger partial charge is 0.243 e. The van der Waals surface area contributed by atoms with Gasteiger partial charge >= 0.3 is 0 Å². The summed E-state index contributed by atoms with van der Waals surface area (Å²) >= 11 is 0. The number of piperidine rings is 1. The Morgan fingerprint density at radius 2 is 2.20 bits per heavy atom. The van der Waals surface area contributed by atoms with Crippen LogP contribution in [-0.4, -0.2) is 33.0 Å². The Bertz CT molecular complexity index is 616. The topological polar surface area (TPSA) is 94.9 Å². The molecule has 20 heavy (non-hydrogen) atoms. The zero-order valence-electron chi connectivity index (χ0n) is 11.4. The Kier molecular flexibility index (Phi) is 4.38. The van der Waals surface area contributed by atoms with Gasteiger partial charge in [-0.1, -0.05) is 6.92 Å². The molecule has 0 spiro atoms. The van der Waals surface area contributed by atoms with Gasteiger partial charge in [-0.05, 0) is 43.5 Å². The van der Waals surface area contributed by atoms with E-state index in [-0.39, 0.29) is 16.0 Å². The summed E-state index contributed by atoms with van der Waals surface area (Å²) in [5, 5.41) is 12.2. The fraction of sp³-hybridized carbons (Fsp3) is 0.538. The van der Waals surface area contributed by atoms with Gasteiger partial charge in [-0.25, -0.2) is 18.1 Å². The summed E-state index contributed by atoms with van der Waals surface area (Å²) < 4.78 is 27.2. The van der Waals surface area contributed by atoms with E-state index < -0.39 is 10.0 Å². The predicted molar refractivity (Wildman–Crippen MR) is 74.4 cm³/mol. The average Bonchev–Trinajstić information content (AvgIpc) is 2.46. The second-order valence-corrected chi connectivity index (χ2v) is 7.08. The third-order valence-corrected chi connectivity index (χ3v) is 5.10. The summed E-state index contributed by atoms with van der Waals surface area (Å²) in [7, 11) is -3.70. The van der Waals surface area contributed by atoms with Crippen molar-refractivity contribution in [3.8, 4) is 6.07 Å². The molecular weight excluding hydrogens is 276 g/mol. The molecule has 0 saturated carbocycles. The van der Waals surface area contributed by atoms with Gasteiger partial charge in [-0.15, -0.1) is 0 Å². The van der Waals surface area contributed by atoms with Crippen LogP contribution in [-0.2, 0) is 10.0 Å². The zero-order valence-corrected chi connectivity index (χ0v) is 12.2. The molecule has 0 amide bonds. The first-order valence-electron chi connectivity index (χ1n) is 6.52. The summed E-state index contributed by atoms with van der Waals surface area (Å²) in [6.07, 6.45) is 3.26. The van der Waals surface area contributed by atoms with Crippen molar-refractivity contribution in [2.24, 2.45) is 5.41 Å². The lowest BCUT2D eigenvalue weighted by molar-refractivity contribution is 0.232. The first-order chi connectivity index (χ1) is 9.47. The maximum atomic E-state index is 12.3. The molecule has 0 unspecified atom stereocenters. The Morgan fingerprint density at radius 1 is 1.50 bits per heavy atom. The zero-order chi connectivity index (χ0) is 14.6. The molecule has 0 bridgehead atoms. The van der Waals surface area contributed by atoms with Crippen LogP contribution < -0.4 is 10.0 Å². The van der Waals surface area contributed by atoms with Gasteiger partial charge < -0.3 is 5.32 Å². The Morgan fingerprint density at radius 3 is 2.85 bits per heavy atom. The lowest BCUT2D eigenvalue weighted by atomic mass is 9.81. The number of hydrogen-bond donors (Lipinski definition) is 2. The van der Waals surface area contributed by atoms with Gasteiger partial charge in [-0.2, -0.15) is 5.26 Å². The van der Waals surface area contributed by atoms with Crippen LogP contribution in [0.4, 0.5) is 0 Å². The van der Waals surface area contributed by atoms with Gasteiger partial charge in [0.05, 0.1) is 0 Å². The number of rotatable bonds is 4. The van der Waals surface area contributed by atoms with Crippen molar-refractivity contribution in [2.45, 2.75) is 24.7 Å². The highest BCUT2D eigenvalue weighted by Gasteiger charge is 2.29. The molecule has 6 nitrogen and oxygen atoms in total. The minimum absolute atomic E-state index is 0.0483. The van der Waals surface area contributed by atoms with Crippen molar-refractivity contribution in [3.05, 3.63) is 24.0 Å². The number of nitrogens with one attached hydrogen (secondary N) is 2. The van der Waals surface area contributed by atoms with Crippen LogP contribution in [0, 0.1) is 16.7 Å². The molecule has 1 aromatic heterocycles. The van der Waals surface area contributed by atoms with Gasteiger partial charge in [0.1, 0.15) is 11.0 Å². The monoisotopic (exact) mass is 294 g/mol. The lowest BCUT2D eigenvalue weighted by Crippen LogP contribution is -2.43. The lowest BCUT2D eigenvalue weighted by Gasteiger charge is -2.34. The SMILES string of the molecule is CC1(CNS(=O)(=O)c2cccnc2C#N)CCNCC1. The summed E-state index contributed by atoms with van der Waals surface area (Å²) in [6, 6.07) is 4.73. The summed E-state index contributed by atoms with van der Waals surface area (Å²) in [4.78, 5) is 3.73. The molecule has 0 atom stereocenters. The van der Waals surface area contributed by atoms with E-state index in [0.29, 0.717) is 6.54 Å². The summed E-state index contributed by atoms with van der Waals surface area (Å²) in [6.45, 7) is 4.24. The van der Waals surface area contributed by atoms with Crippen LogP contribution in [0.2, 0.25) is 0 Å². The predicted octanol–water partition coefficient (Wildman–Crippen LogP) is 0.621. The van der Waals surface area contributed by atoms with E-state index in [1.807, 2.05) is 6.07 Å². The van der Waals surface area contributed by atoms with Crippen LogP contribution in [0.5, 0.6) is 0 Å². The Labute approximate surface area is 119 Å². The first kappa shape index (κ1) is 14.9. The standard InChI is InChI=1S/C13H18N4O2S/c1-13(4-7-15-8-5-13)10-17-20(18,19)12-3-2-6-16-11(12)9-14/h2-3,6,15,17H,4-5,7-8,10H2,1H3. The Balaban J connectivity index is 2.14. The number of pyridine rings is 1. The molecule has 1 aliphatic heterocycles. The second kappa shape index (κ2) is 5.87. The first-order valence-corrected chi connectivity index (χ1v) is 8.01. The van der Waals surface area contributed by atoms with Gasteiger partial charge in [0.2, 0.25) is 10.0 Å². The van der Waals surface area contributed by atoms with Gasteiger partial charge in [0.15, 0.2) is 5.69 Å². The number of nitriles is 1. The molecule has 1 saturated heterocycles. The number of hydrogen-bond acceptors (Lipinski definition) is 5. The molecule has 2 rings (SSSR count). The maximum Gasteiger partial charge on any atom is 0.243 e. The van der Waals surface area contributed by atoms with Crippen LogP contribution in [0.15, 0.2) is 23.2 Å². The fourth-order valence-electron chi connectivity index (χ4n) is 2.25. The normalized spacial score (nSPS) is 18.4. The summed E-state index contributed by atoms with van der Waals surface area (Å²) in [5.74, 6) is 0. The van der Waals surface area contributed by atoms with E-state index in [9.17, 15) is 8.42 Å². The van der Waals surface area contributed by atoms with Crippen molar-refractivity contribution in [1.82, 2.24) is 15.0 Å². The van der Waals surface area contributed by atoms with Crippen LogP contribution >= 0.6 is 0 Å². The van der Waals surface area contributed by atoms with E-state index in [2.05, 4.69) is 21.9 Å². The van der Waals surface area contributed by atoms with Gasteiger partial charge in [0.25, 0.3) is 0 Å². The highest BCUT2D eigenvalue weighted by molar-refractivity contribution is 7.89. The maximum absolute atomic E-state index is 12.3. The highest BCUT2D eigenvalue weighted by atomic mass is 32.2. The molecule has 7 heteroatoms. The average molecular weight is 294 g/mol. The largest absolute Gasteiger partial charge is 0.317 e. The number of sulfonamides is 1. The molecule has 1 aromatic rings. The van der Waals surface area contributed by atoms with Crippen molar-refractivity contribution in [1.29, 1.82) is 5.26 Å². The van der Waals surface area contributed by atoms with Crippen LogP contribution in [0.3, 0.4) is 0 Å². The van der Waals surface area contributed by atoms with Crippen molar-refractivity contribution >= 4 is 10.0 Å². The van der Waals surface area contributed by atoms with E-state index in [1.165, 1.54) is 18.3 Å². The van der Waals surface area contributed by atoms with Crippen LogP contribution in [0.1, 0.15) is 25.5 Å². The molecule has 0 aromatic carbocycles. The van der Waals surface area contributed by atoms with E-state index >= 15 is 0 Å². The molecule has 0 radical (unpaired) electrons. The minimum Gasteiger partial charge on any atom is -0.317 e. The quantitative estimate of drug-likeness (QED) is 0.849. The molecule has 2 heterocycles. The van der Waals surface area contributed by atoms with E-state index in [4.69, 9.17) is 5.26 Å². The third kappa shape index (κ3) is 3.33. The van der Waals surface area contributed by atoms with Crippen molar-refractivity contribution < 1.29 is 8.42 Å². The van der Waals surface area contributed by atoms with Crippen molar-refractivity contribution in [3.63, 3.8) is 0 Å². The molecule has 108 valence electrons.